The number of hydrogen-bond acceptors (Lipinski definition) is 2. The van der Waals surface area contributed by atoms with Gasteiger partial charge in [-0.1, -0.05) is 25.7 Å². The number of nitrogens with two attached hydrogens (primary N) is 1. The second kappa shape index (κ2) is 5.86. The summed E-state index contributed by atoms with van der Waals surface area (Å²) in [6, 6.07) is 0. The minimum absolute atomic E-state index is 0.827. The highest BCUT2D eigenvalue weighted by Gasteiger charge is 2.23. The summed E-state index contributed by atoms with van der Waals surface area (Å²) in [4.78, 5) is 2.53. The van der Waals surface area contributed by atoms with Crippen molar-refractivity contribution >= 4 is 0 Å². The highest BCUT2D eigenvalue weighted by atomic mass is 15.1. The predicted octanol–water partition coefficient (Wildman–Crippen LogP) is 2.24. The van der Waals surface area contributed by atoms with E-state index in [1.807, 2.05) is 0 Å². The van der Waals surface area contributed by atoms with Gasteiger partial charge in [0.25, 0.3) is 0 Å². The third kappa shape index (κ3) is 3.46. The Morgan fingerprint density at radius 2 is 1.53 bits per heavy atom. The molecule has 0 unspecified atom stereocenters. The molecule has 2 rings (SSSR count). The van der Waals surface area contributed by atoms with Crippen molar-refractivity contribution in [3.8, 4) is 0 Å². The number of likely N-dealkylation sites (tertiary alicyclic amines) is 1. The van der Waals surface area contributed by atoms with Crippen molar-refractivity contribution in [1.29, 1.82) is 0 Å². The van der Waals surface area contributed by atoms with E-state index in [2.05, 4.69) is 4.90 Å². The first-order valence-electron chi connectivity index (χ1n) is 6.81. The Morgan fingerprint density at radius 1 is 0.933 bits per heavy atom. The van der Waals surface area contributed by atoms with Crippen LogP contribution >= 0.6 is 0 Å². The standard InChI is InChI=1S/C13H26N2/c14-7-10-15-8-5-13(6-9-15)11-12-3-1-2-4-12/h12-13H,1-11,14H2. The van der Waals surface area contributed by atoms with Crippen LogP contribution < -0.4 is 5.73 Å². The summed E-state index contributed by atoms with van der Waals surface area (Å²) in [6.45, 7) is 4.53. The molecule has 0 bridgehead atoms. The Balaban J connectivity index is 1.64. The zero-order valence-electron chi connectivity index (χ0n) is 9.96. The van der Waals surface area contributed by atoms with Gasteiger partial charge in [0.15, 0.2) is 0 Å². The predicted molar refractivity (Wildman–Crippen MR) is 64.8 cm³/mol. The van der Waals surface area contributed by atoms with Crippen LogP contribution in [0.5, 0.6) is 0 Å². The largest absolute Gasteiger partial charge is 0.329 e. The van der Waals surface area contributed by atoms with Gasteiger partial charge >= 0.3 is 0 Å². The van der Waals surface area contributed by atoms with Crippen molar-refractivity contribution in [1.82, 2.24) is 4.90 Å². The highest BCUT2D eigenvalue weighted by Crippen LogP contribution is 2.33. The van der Waals surface area contributed by atoms with Crippen molar-refractivity contribution in [2.24, 2.45) is 17.6 Å². The van der Waals surface area contributed by atoms with Gasteiger partial charge in [-0.05, 0) is 44.2 Å². The zero-order chi connectivity index (χ0) is 10.5. The Labute approximate surface area is 94.2 Å². The normalized spacial score (nSPS) is 26.2. The Kier molecular flexibility index (Phi) is 4.45. The van der Waals surface area contributed by atoms with E-state index in [0.717, 1.165) is 24.9 Å². The summed E-state index contributed by atoms with van der Waals surface area (Å²) < 4.78 is 0. The Hall–Kier alpha value is -0.0800. The fraction of sp³-hybridized carbons (Fsp3) is 1.00. The van der Waals surface area contributed by atoms with E-state index >= 15 is 0 Å². The van der Waals surface area contributed by atoms with Crippen LogP contribution in [0.15, 0.2) is 0 Å². The topological polar surface area (TPSA) is 29.3 Å². The lowest BCUT2D eigenvalue weighted by Gasteiger charge is -2.32. The lowest BCUT2D eigenvalue weighted by Crippen LogP contribution is -2.37. The highest BCUT2D eigenvalue weighted by molar-refractivity contribution is 4.77. The van der Waals surface area contributed by atoms with Crippen LogP contribution in [0.1, 0.15) is 44.9 Å². The molecule has 1 saturated heterocycles. The number of nitrogens with zero attached hydrogens (tertiary/aromatic N) is 1. The second-order valence-electron chi connectivity index (χ2n) is 5.46. The van der Waals surface area contributed by atoms with Crippen LogP contribution in [0.4, 0.5) is 0 Å². The molecule has 0 amide bonds. The zero-order valence-corrected chi connectivity index (χ0v) is 9.96. The van der Waals surface area contributed by atoms with Crippen molar-refractivity contribution in [2.45, 2.75) is 44.9 Å². The summed E-state index contributed by atoms with van der Waals surface area (Å²) in [5.41, 5.74) is 5.58. The summed E-state index contributed by atoms with van der Waals surface area (Å²) in [5, 5.41) is 0. The van der Waals surface area contributed by atoms with Crippen LogP contribution in [0, 0.1) is 11.8 Å². The quantitative estimate of drug-likeness (QED) is 0.771. The second-order valence-corrected chi connectivity index (χ2v) is 5.46. The first kappa shape index (κ1) is 11.4. The monoisotopic (exact) mass is 210 g/mol. The molecule has 15 heavy (non-hydrogen) atoms. The Morgan fingerprint density at radius 3 is 2.13 bits per heavy atom. The van der Waals surface area contributed by atoms with E-state index in [4.69, 9.17) is 5.73 Å². The van der Waals surface area contributed by atoms with Gasteiger partial charge < -0.3 is 10.6 Å². The van der Waals surface area contributed by atoms with Crippen LogP contribution in [0.3, 0.4) is 0 Å². The molecule has 0 aromatic rings. The maximum atomic E-state index is 5.58. The molecule has 2 fully saturated rings. The van der Waals surface area contributed by atoms with Crippen molar-refractivity contribution in [3.63, 3.8) is 0 Å². The third-order valence-corrected chi connectivity index (χ3v) is 4.29. The maximum Gasteiger partial charge on any atom is 0.0105 e. The molecule has 88 valence electrons. The van der Waals surface area contributed by atoms with Gasteiger partial charge in [0.05, 0.1) is 0 Å². The molecule has 0 radical (unpaired) electrons. The molecule has 1 aliphatic heterocycles. The SMILES string of the molecule is NCCN1CCC(CC2CCCC2)CC1. The number of hydrogen-bond donors (Lipinski definition) is 1. The summed E-state index contributed by atoms with van der Waals surface area (Å²) in [7, 11) is 0. The van der Waals surface area contributed by atoms with E-state index < -0.39 is 0 Å². The lowest BCUT2D eigenvalue weighted by molar-refractivity contribution is 0.171. The van der Waals surface area contributed by atoms with E-state index in [0.29, 0.717) is 0 Å². The summed E-state index contributed by atoms with van der Waals surface area (Å²) in [5.74, 6) is 2.11. The molecule has 0 atom stereocenters. The minimum atomic E-state index is 0.827. The molecular formula is C13H26N2. The van der Waals surface area contributed by atoms with Gasteiger partial charge in [0.1, 0.15) is 0 Å². The summed E-state index contributed by atoms with van der Waals surface area (Å²) >= 11 is 0. The molecule has 0 aromatic heterocycles. The van der Waals surface area contributed by atoms with Crippen molar-refractivity contribution in [3.05, 3.63) is 0 Å². The van der Waals surface area contributed by atoms with Gasteiger partial charge in [0.2, 0.25) is 0 Å². The average molecular weight is 210 g/mol. The van der Waals surface area contributed by atoms with Crippen molar-refractivity contribution in [2.75, 3.05) is 26.2 Å². The molecule has 2 nitrogen and oxygen atoms in total. The first-order chi connectivity index (χ1) is 7.38. The molecule has 1 saturated carbocycles. The molecule has 2 heteroatoms. The molecule has 2 N–H and O–H groups in total. The van der Waals surface area contributed by atoms with Crippen molar-refractivity contribution < 1.29 is 0 Å². The number of piperidine rings is 1. The molecule has 1 heterocycles. The van der Waals surface area contributed by atoms with Crippen LogP contribution in [-0.4, -0.2) is 31.1 Å². The molecule has 1 aliphatic carbocycles. The minimum Gasteiger partial charge on any atom is -0.329 e. The first-order valence-corrected chi connectivity index (χ1v) is 6.81. The van der Waals surface area contributed by atoms with Crippen LogP contribution in [0.2, 0.25) is 0 Å². The molecule has 0 aromatic carbocycles. The Bertz CT molecular complexity index is 167. The van der Waals surface area contributed by atoms with E-state index in [-0.39, 0.29) is 0 Å². The fourth-order valence-electron chi connectivity index (χ4n) is 3.35. The lowest BCUT2D eigenvalue weighted by atomic mass is 9.86. The molecule has 0 spiro atoms. The summed E-state index contributed by atoms with van der Waals surface area (Å²) in [6.07, 6.45) is 10.4. The maximum absolute atomic E-state index is 5.58. The van der Waals surface area contributed by atoms with Gasteiger partial charge in [-0.2, -0.15) is 0 Å². The van der Waals surface area contributed by atoms with E-state index in [1.165, 1.54) is 58.0 Å². The van der Waals surface area contributed by atoms with Gasteiger partial charge in [-0.3, -0.25) is 0 Å². The van der Waals surface area contributed by atoms with Gasteiger partial charge in [-0.15, -0.1) is 0 Å². The van der Waals surface area contributed by atoms with Gasteiger partial charge in [0, 0.05) is 13.1 Å². The van der Waals surface area contributed by atoms with E-state index in [1.54, 1.807) is 0 Å². The molecular weight excluding hydrogens is 184 g/mol. The van der Waals surface area contributed by atoms with Crippen LogP contribution in [0.25, 0.3) is 0 Å². The molecule has 2 aliphatic rings. The van der Waals surface area contributed by atoms with Crippen LogP contribution in [-0.2, 0) is 0 Å². The fourth-order valence-corrected chi connectivity index (χ4v) is 3.35. The van der Waals surface area contributed by atoms with Gasteiger partial charge in [-0.25, -0.2) is 0 Å². The average Bonchev–Trinajstić information content (AvgIpc) is 2.74. The number of rotatable bonds is 4. The smallest absolute Gasteiger partial charge is 0.0105 e. The van der Waals surface area contributed by atoms with E-state index in [9.17, 15) is 0 Å². The third-order valence-electron chi connectivity index (χ3n) is 4.29.